The molecule has 1 amide bonds. The molecular weight excluding hydrogens is 352 g/mol. The Morgan fingerprint density at radius 2 is 2.11 bits per heavy atom. The summed E-state index contributed by atoms with van der Waals surface area (Å²) in [7, 11) is 3.30. The summed E-state index contributed by atoms with van der Waals surface area (Å²) in [5.74, 6) is -0.156. The van der Waals surface area contributed by atoms with Gasteiger partial charge >= 0.3 is 0 Å². The monoisotopic (exact) mass is 369 g/mol. The number of rotatable bonds is 4. The molecule has 0 saturated carbocycles. The van der Waals surface area contributed by atoms with Crippen molar-refractivity contribution < 1.29 is 18.3 Å². The Hall–Kier alpha value is -3.22. The number of hydrogen-bond donors (Lipinski definition) is 1. The van der Waals surface area contributed by atoms with Crippen LogP contribution in [0.25, 0.3) is 22.2 Å². The molecule has 0 spiro atoms. The lowest BCUT2D eigenvalue weighted by Crippen LogP contribution is -2.12. The van der Waals surface area contributed by atoms with Crippen molar-refractivity contribution in [3.05, 3.63) is 53.5 Å². The van der Waals surface area contributed by atoms with Gasteiger partial charge in [0.15, 0.2) is 0 Å². The van der Waals surface area contributed by atoms with Gasteiger partial charge < -0.3 is 14.6 Å². The van der Waals surface area contributed by atoms with Crippen molar-refractivity contribution >= 4 is 22.6 Å². The van der Waals surface area contributed by atoms with Crippen molar-refractivity contribution in [3.8, 4) is 17.0 Å². The van der Waals surface area contributed by atoms with Gasteiger partial charge in [0, 0.05) is 24.7 Å². The van der Waals surface area contributed by atoms with Gasteiger partial charge in [0.05, 0.1) is 29.5 Å². The fourth-order valence-electron chi connectivity index (χ4n) is 3.34. The molecule has 138 valence electrons. The maximum atomic E-state index is 14.6. The van der Waals surface area contributed by atoms with E-state index in [1.165, 1.54) is 19.3 Å². The molecule has 2 aromatic heterocycles. The van der Waals surface area contributed by atoms with Gasteiger partial charge in [-0.25, -0.2) is 13.8 Å². The number of fused-ring (bicyclic) bond motifs is 1. The van der Waals surface area contributed by atoms with E-state index < -0.39 is 12.1 Å². The first kappa shape index (κ1) is 17.2. The Kier molecular flexibility index (Phi) is 3.95. The fraction of sp³-hybridized carbons (Fsp3) is 0.200. The summed E-state index contributed by atoms with van der Waals surface area (Å²) >= 11 is 0. The number of nitrogens with one attached hydrogen (secondary N) is 1. The molecule has 1 atom stereocenters. The number of methoxy groups -OCH3 is 1. The molecule has 0 bridgehead atoms. The summed E-state index contributed by atoms with van der Waals surface area (Å²) in [5.41, 5.74) is 2.75. The topological polar surface area (TPSA) is 56.1 Å². The van der Waals surface area contributed by atoms with Crippen LogP contribution in [0.15, 0.2) is 42.1 Å². The molecule has 2 heterocycles. The van der Waals surface area contributed by atoms with E-state index in [0.29, 0.717) is 22.8 Å². The highest BCUT2D eigenvalue weighted by Gasteiger charge is 2.31. The standard InChI is InChI=1S/C20H17F2N3O2/c1-10-12-9-23-17(24-20(26)11-7-14(11)22)8-15(12)25(2)19(10)18-13(21)5-4-6-16(18)27-3/h4-9,14H,1-3H3,(H,23,24,26)/t14-/m1/s1. The highest BCUT2D eigenvalue weighted by atomic mass is 19.1. The van der Waals surface area contributed by atoms with Gasteiger partial charge in [0.1, 0.15) is 23.6 Å². The largest absolute Gasteiger partial charge is 0.496 e. The quantitative estimate of drug-likeness (QED) is 0.759. The Bertz CT molecular complexity index is 1120. The first-order valence-electron chi connectivity index (χ1n) is 8.37. The van der Waals surface area contributed by atoms with Crippen LogP contribution in [0.4, 0.5) is 14.6 Å². The normalized spacial score (nSPS) is 15.6. The van der Waals surface area contributed by atoms with Crippen LogP contribution in [0.1, 0.15) is 5.56 Å². The third-order valence-electron chi connectivity index (χ3n) is 4.79. The number of hydrogen-bond acceptors (Lipinski definition) is 3. The number of alkyl halides is 1. The van der Waals surface area contributed by atoms with Crippen LogP contribution >= 0.6 is 0 Å². The number of amides is 1. The molecule has 0 saturated heterocycles. The molecule has 0 fully saturated rings. The van der Waals surface area contributed by atoms with Crippen LogP contribution in [-0.2, 0) is 11.8 Å². The van der Waals surface area contributed by atoms with Crippen molar-refractivity contribution in [1.82, 2.24) is 9.55 Å². The molecule has 7 heteroatoms. The van der Waals surface area contributed by atoms with E-state index in [9.17, 15) is 13.6 Å². The number of aryl methyl sites for hydroxylation is 2. The van der Waals surface area contributed by atoms with Gasteiger partial charge in [-0.3, -0.25) is 4.79 Å². The van der Waals surface area contributed by atoms with E-state index in [1.54, 1.807) is 24.4 Å². The van der Waals surface area contributed by atoms with Crippen LogP contribution < -0.4 is 10.1 Å². The number of nitrogens with zero attached hydrogens (tertiary/aromatic N) is 2. The van der Waals surface area contributed by atoms with Crippen molar-refractivity contribution in [1.29, 1.82) is 0 Å². The van der Waals surface area contributed by atoms with Crippen molar-refractivity contribution in [2.45, 2.75) is 13.1 Å². The average molecular weight is 369 g/mol. The molecule has 1 aliphatic carbocycles. The zero-order valence-electron chi connectivity index (χ0n) is 15.0. The Morgan fingerprint density at radius 1 is 1.37 bits per heavy atom. The molecule has 1 aromatic carbocycles. The SMILES string of the molecule is COc1cccc(F)c1-c1c(C)c2cnc(NC(=O)C3=C[C@H]3F)cc2n1C. The molecule has 5 nitrogen and oxygen atoms in total. The Morgan fingerprint density at radius 3 is 2.78 bits per heavy atom. The van der Waals surface area contributed by atoms with Gasteiger partial charge in [0.25, 0.3) is 5.91 Å². The minimum absolute atomic E-state index is 0.108. The number of halogens is 2. The van der Waals surface area contributed by atoms with Crippen LogP contribution in [0.5, 0.6) is 5.75 Å². The van der Waals surface area contributed by atoms with E-state index in [0.717, 1.165) is 16.5 Å². The van der Waals surface area contributed by atoms with E-state index in [-0.39, 0.29) is 11.4 Å². The molecule has 1 aliphatic rings. The van der Waals surface area contributed by atoms with Crippen LogP contribution in [0.3, 0.4) is 0 Å². The van der Waals surface area contributed by atoms with Crippen molar-refractivity contribution in [2.75, 3.05) is 12.4 Å². The lowest BCUT2D eigenvalue weighted by molar-refractivity contribution is -0.112. The highest BCUT2D eigenvalue weighted by molar-refractivity contribution is 6.08. The minimum Gasteiger partial charge on any atom is -0.496 e. The number of ether oxygens (including phenoxy) is 1. The van der Waals surface area contributed by atoms with Gasteiger partial charge in [-0.05, 0) is 30.7 Å². The third kappa shape index (κ3) is 2.75. The second-order valence-corrected chi connectivity index (χ2v) is 6.41. The first-order chi connectivity index (χ1) is 12.9. The predicted molar refractivity (Wildman–Crippen MR) is 99.0 cm³/mol. The molecule has 0 radical (unpaired) electrons. The predicted octanol–water partition coefficient (Wildman–Crippen LogP) is 3.91. The van der Waals surface area contributed by atoms with Gasteiger partial charge in [0.2, 0.25) is 0 Å². The lowest BCUT2D eigenvalue weighted by atomic mass is 10.1. The molecule has 0 aliphatic heterocycles. The van der Waals surface area contributed by atoms with E-state index in [1.807, 2.05) is 18.5 Å². The third-order valence-corrected chi connectivity index (χ3v) is 4.79. The number of allylic oxidation sites excluding steroid dienone is 1. The fourth-order valence-corrected chi connectivity index (χ4v) is 3.34. The minimum atomic E-state index is -1.27. The molecule has 1 N–H and O–H groups in total. The van der Waals surface area contributed by atoms with Gasteiger partial charge in [-0.1, -0.05) is 6.07 Å². The first-order valence-corrected chi connectivity index (χ1v) is 8.37. The number of pyridine rings is 1. The number of anilines is 1. The van der Waals surface area contributed by atoms with Gasteiger partial charge in [-0.2, -0.15) is 0 Å². The highest BCUT2D eigenvalue weighted by Crippen LogP contribution is 2.39. The second kappa shape index (κ2) is 6.19. The number of carbonyl (C=O) groups excluding carboxylic acids is 1. The zero-order chi connectivity index (χ0) is 19.3. The summed E-state index contributed by atoms with van der Waals surface area (Å²) < 4.78 is 34.7. The van der Waals surface area contributed by atoms with Gasteiger partial charge in [-0.15, -0.1) is 0 Å². The number of carbonyl (C=O) groups is 1. The molecule has 27 heavy (non-hydrogen) atoms. The van der Waals surface area contributed by atoms with E-state index >= 15 is 0 Å². The lowest BCUT2D eigenvalue weighted by Gasteiger charge is -2.12. The molecular formula is C20H17F2N3O2. The summed E-state index contributed by atoms with van der Waals surface area (Å²) in [5, 5.41) is 3.41. The Balaban J connectivity index is 1.82. The summed E-state index contributed by atoms with van der Waals surface area (Å²) in [6, 6.07) is 6.37. The number of benzene rings is 1. The van der Waals surface area contributed by atoms with Crippen molar-refractivity contribution in [3.63, 3.8) is 0 Å². The summed E-state index contributed by atoms with van der Waals surface area (Å²) in [6.07, 6.45) is 1.58. The smallest absolute Gasteiger partial charge is 0.255 e. The van der Waals surface area contributed by atoms with Crippen LogP contribution in [0.2, 0.25) is 0 Å². The molecule has 4 rings (SSSR count). The Labute approximate surface area is 154 Å². The second-order valence-electron chi connectivity index (χ2n) is 6.41. The average Bonchev–Trinajstić information content (AvgIpc) is 3.34. The van der Waals surface area contributed by atoms with Crippen LogP contribution in [-0.4, -0.2) is 28.7 Å². The number of aromatic nitrogens is 2. The van der Waals surface area contributed by atoms with Crippen molar-refractivity contribution in [2.24, 2.45) is 7.05 Å². The summed E-state index contributed by atoms with van der Waals surface area (Å²) in [4.78, 5) is 16.1. The maximum absolute atomic E-state index is 14.6. The summed E-state index contributed by atoms with van der Waals surface area (Å²) in [6.45, 7) is 1.88. The molecule has 0 unspecified atom stereocenters. The zero-order valence-corrected chi connectivity index (χ0v) is 15.0. The van der Waals surface area contributed by atoms with E-state index in [4.69, 9.17) is 4.74 Å². The van der Waals surface area contributed by atoms with Crippen LogP contribution in [0, 0.1) is 12.7 Å². The maximum Gasteiger partial charge on any atom is 0.255 e. The van der Waals surface area contributed by atoms with E-state index in [2.05, 4.69) is 10.3 Å². The molecule has 3 aromatic rings.